The van der Waals surface area contributed by atoms with Crippen LogP contribution >= 0.6 is 15.9 Å². The predicted octanol–water partition coefficient (Wildman–Crippen LogP) is 3.14. The minimum absolute atomic E-state index is 0.0216. The molecule has 0 atom stereocenters. The van der Waals surface area contributed by atoms with Crippen molar-refractivity contribution in [2.24, 2.45) is 7.05 Å². The molecule has 1 aromatic heterocycles. The summed E-state index contributed by atoms with van der Waals surface area (Å²) in [7, 11) is 1.74. The quantitative estimate of drug-likeness (QED) is 0.890. The Labute approximate surface area is 129 Å². The van der Waals surface area contributed by atoms with E-state index < -0.39 is 5.82 Å². The second-order valence-corrected chi connectivity index (χ2v) is 5.40. The van der Waals surface area contributed by atoms with Crippen LogP contribution in [0.4, 0.5) is 15.8 Å². The number of aryl methyl sites for hydroxylation is 1. The van der Waals surface area contributed by atoms with E-state index in [0.717, 1.165) is 4.47 Å². The third-order valence-corrected chi connectivity index (χ3v) is 3.17. The molecule has 0 aliphatic heterocycles. The van der Waals surface area contributed by atoms with Gasteiger partial charge in [-0.15, -0.1) is 0 Å². The van der Waals surface area contributed by atoms with Crippen LogP contribution in [0.15, 0.2) is 34.9 Å². The Balaban J connectivity index is 2.21. The first-order valence-electron chi connectivity index (χ1n) is 6.07. The van der Waals surface area contributed by atoms with Gasteiger partial charge in [0, 0.05) is 30.3 Å². The molecule has 0 fully saturated rings. The summed E-state index contributed by atoms with van der Waals surface area (Å²) in [6, 6.07) is 5.65. The second-order valence-electron chi connectivity index (χ2n) is 4.48. The highest BCUT2D eigenvalue weighted by atomic mass is 79.9. The molecule has 21 heavy (non-hydrogen) atoms. The van der Waals surface area contributed by atoms with Crippen molar-refractivity contribution in [1.29, 1.82) is 0 Å². The maximum atomic E-state index is 13.5. The Morgan fingerprint density at radius 2 is 1.95 bits per heavy atom. The van der Waals surface area contributed by atoms with E-state index in [4.69, 9.17) is 0 Å². The summed E-state index contributed by atoms with van der Waals surface area (Å²) in [6.45, 7) is 1.28. The van der Waals surface area contributed by atoms with E-state index in [2.05, 4.69) is 26.6 Å². The summed E-state index contributed by atoms with van der Waals surface area (Å²) in [5.41, 5.74) is 0.864. The molecule has 0 unspecified atom stereocenters. The van der Waals surface area contributed by atoms with Gasteiger partial charge in [0.15, 0.2) is 0 Å². The Morgan fingerprint density at radius 1 is 1.24 bits per heavy atom. The molecule has 0 radical (unpaired) electrons. The van der Waals surface area contributed by atoms with Crippen molar-refractivity contribution in [3.05, 3.63) is 46.4 Å². The SMILES string of the molecule is CC(=O)Nc1cc(NC(=O)c2cc(Br)cn2C)ccc1F. The molecule has 2 N–H and O–H groups in total. The topological polar surface area (TPSA) is 63.1 Å². The molecule has 0 aliphatic carbocycles. The fourth-order valence-corrected chi connectivity index (χ4v) is 2.36. The number of anilines is 2. The third-order valence-electron chi connectivity index (χ3n) is 2.74. The fraction of sp³-hybridized carbons (Fsp3) is 0.143. The number of benzene rings is 1. The van der Waals surface area contributed by atoms with E-state index in [-0.39, 0.29) is 17.5 Å². The molecule has 0 spiro atoms. The fourth-order valence-electron chi connectivity index (χ4n) is 1.83. The first-order valence-corrected chi connectivity index (χ1v) is 6.86. The van der Waals surface area contributed by atoms with Crippen LogP contribution in [0.2, 0.25) is 0 Å². The summed E-state index contributed by atoms with van der Waals surface area (Å²) in [4.78, 5) is 23.1. The molecule has 2 aromatic rings. The average molecular weight is 354 g/mol. The van der Waals surface area contributed by atoms with E-state index in [9.17, 15) is 14.0 Å². The Bertz CT molecular complexity index is 712. The normalized spacial score (nSPS) is 10.3. The molecule has 1 aromatic carbocycles. The molecule has 0 saturated carbocycles. The van der Waals surface area contributed by atoms with Gasteiger partial charge in [-0.1, -0.05) is 0 Å². The van der Waals surface area contributed by atoms with Crippen LogP contribution in [-0.4, -0.2) is 16.4 Å². The minimum Gasteiger partial charge on any atom is -0.345 e. The van der Waals surface area contributed by atoms with Gasteiger partial charge in [-0.25, -0.2) is 4.39 Å². The van der Waals surface area contributed by atoms with Gasteiger partial charge < -0.3 is 15.2 Å². The van der Waals surface area contributed by atoms with Crippen molar-refractivity contribution in [3.63, 3.8) is 0 Å². The molecular weight excluding hydrogens is 341 g/mol. The number of carbonyl (C=O) groups is 2. The van der Waals surface area contributed by atoms with E-state index >= 15 is 0 Å². The molecule has 1 heterocycles. The Hall–Kier alpha value is -2.15. The third kappa shape index (κ3) is 3.69. The monoisotopic (exact) mass is 353 g/mol. The summed E-state index contributed by atoms with van der Waals surface area (Å²) < 4.78 is 16.0. The largest absolute Gasteiger partial charge is 0.345 e. The van der Waals surface area contributed by atoms with Crippen molar-refractivity contribution in [2.75, 3.05) is 10.6 Å². The molecule has 2 amide bonds. The number of rotatable bonds is 3. The number of nitrogens with one attached hydrogen (secondary N) is 2. The van der Waals surface area contributed by atoms with Crippen LogP contribution in [-0.2, 0) is 11.8 Å². The van der Waals surface area contributed by atoms with Gasteiger partial charge in [-0.05, 0) is 40.2 Å². The van der Waals surface area contributed by atoms with Crippen LogP contribution in [0, 0.1) is 5.82 Å². The Morgan fingerprint density at radius 3 is 2.52 bits per heavy atom. The first-order chi connectivity index (χ1) is 9.86. The number of nitrogens with zero attached hydrogens (tertiary/aromatic N) is 1. The summed E-state index contributed by atoms with van der Waals surface area (Å²) in [5, 5.41) is 5.02. The van der Waals surface area contributed by atoms with Crippen LogP contribution in [0.5, 0.6) is 0 Å². The van der Waals surface area contributed by atoms with Crippen LogP contribution in [0.3, 0.4) is 0 Å². The molecule has 0 bridgehead atoms. The zero-order chi connectivity index (χ0) is 15.6. The van der Waals surface area contributed by atoms with Gasteiger partial charge in [0.2, 0.25) is 5.91 Å². The maximum Gasteiger partial charge on any atom is 0.272 e. The number of carbonyl (C=O) groups excluding carboxylic acids is 2. The van der Waals surface area contributed by atoms with E-state index in [1.54, 1.807) is 23.9 Å². The molecule has 7 heteroatoms. The van der Waals surface area contributed by atoms with Gasteiger partial charge in [0.1, 0.15) is 11.5 Å². The zero-order valence-electron chi connectivity index (χ0n) is 11.4. The summed E-state index contributed by atoms with van der Waals surface area (Å²) in [6.07, 6.45) is 1.75. The predicted molar refractivity (Wildman–Crippen MR) is 81.8 cm³/mol. The average Bonchev–Trinajstić information content (AvgIpc) is 2.72. The van der Waals surface area contributed by atoms with Gasteiger partial charge in [-0.2, -0.15) is 0 Å². The lowest BCUT2D eigenvalue weighted by atomic mass is 10.2. The minimum atomic E-state index is -0.565. The number of hydrogen-bond acceptors (Lipinski definition) is 2. The standard InChI is InChI=1S/C14H13BrFN3O2/c1-8(20)17-12-6-10(3-4-11(12)16)18-14(21)13-5-9(15)7-19(13)2/h3-7H,1-2H3,(H,17,20)(H,18,21). The van der Waals surface area contributed by atoms with Gasteiger partial charge in [0.25, 0.3) is 5.91 Å². The lowest BCUT2D eigenvalue weighted by Gasteiger charge is -2.09. The van der Waals surface area contributed by atoms with Crippen LogP contribution in [0.1, 0.15) is 17.4 Å². The lowest BCUT2D eigenvalue weighted by Crippen LogP contribution is -2.16. The van der Waals surface area contributed by atoms with Crippen LogP contribution < -0.4 is 10.6 Å². The highest BCUT2D eigenvalue weighted by molar-refractivity contribution is 9.10. The van der Waals surface area contributed by atoms with Crippen molar-refractivity contribution in [1.82, 2.24) is 4.57 Å². The van der Waals surface area contributed by atoms with Crippen LogP contribution in [0.25, 0.3) is 0 Å². The number of aromatic nitrogens is 1. The molecule has 110 valence electrons. The highest BCUT2D eigenvalue weighted by Gasteiger charge is 2.12. The maximum absolute atomic E-state index is 13.5. The smallest absolute Gasteiger partial charge is 0.272 e. The zero-order valence-corrected chi connectivity index (χ0v) is 13.0. The van der Waals surface area contributed by atoms with Crippen molar-refractivity contribution >= 4 is 39.1 Å². The van der Waals surface area contributed by atoms with Crippen molar-refractivity contribution < 1.29 is 14.0 Å². The number of hydrogen-bond donors (Lipinski definition) is 2. The lowest BCUT2D eigenvalue weighted by molar-refractivity contribution is -0.114. The summed E-state index contributed by atoms with van der Waals surface area (Å²) >= 11 is 3.29. The molecule has 0 aliphatic rings. The first kappa shape index (κ1) is 15.2. The van der Waals surface area contributed by atoms with E-state index in [1.165, 1.54) is 25.1 Å². The van der Waals surface area contributed by atoms with E-state index in [0.29, 0.717) is 11.4 Å². The van der Waals surface area contributed by atoms with Gasteiger partial charge in [0.05, 0.1) is 5.69 Å². The second kappa shape index (κ2) is 6.09. The highest BCUT2D eigenvalue weighted by Crippen LogP contribution is 2.21. The Kier molecular flexibility index (Phi) is 4.42. The summed E-state index contributed by atoms with van der Waals surface area (Å²) in [5.74, 6) is -1.28. The van der Waals surface area contributed by atoms with E-state index in [1.807, 2.05) is 0 Å². The molecule has 0 saturated heterocycles. The van der Waals surface area contributed by atoms with Gasteiger partial charge in [-0.3, -0.25) is 9.59 Å². The molecular formula is C14H13BrFN3O2. The molecule has 5 nitrogen and oxygen atoms in total. The van der Waals surface area contributed by atoms with Gasteiger partial charge >= 0.3 is 0 Å². The number of amides is 2. The molecule has 2 rings (SSSR count). The van der Waals surface area contributed by atoms with Crippen molar-refractivity contribution in [2.45, 2.75) is 6.92 Å². The number of halogens is 2. The van der Waals surface area contributed by atoms with Crippen molar-refractivity contribution in [3.8, 4) is 0 Å².